The highest BCUT2D eigenvalue weighted by molar-refractivity contribution is 5.70. The van der Waals surface area contributed by atoms with Crippen LogP contribution in [0.4, 0.5) is 0 Å². The third-order valence-corrected chi connectivity index (χ3v) is 2.30. The van der Waals surface area contributed by atoms with Gasteiger partial charge in [-0.2, -0.15) is 0 Å². The fourth-order valence-electron chi connectivity index (χ4n) is 1.49. The number of carboxylic acid groups (broad SMARTS) is 1. The molecule has 2 aromatic heterocycles. The highest BCUT2D eigenvalue weighted by atomic mass is 16.4. The lowest BCUT2D eigenvalue weighted by molar-refractivity contribution is -0.136. The summed E-state index contributed by atoms with van der Waals surface area (Å²) in [6.45, 7) is 1.84. The Morgan fingerprint density at radius 1 is 1.44 bits per heavy atom. The third-order valence-electron chi connectivity index (χ3n) is 2.30. The zero-order chi connectivity index (χ0) is 11.5. The topological polar surface area (TPSA) is 63.3 Å². The van der Waals surface area contributed by atoms with Crippen LogP contribution >= 0.6 is 0 Å². The second kappa shape index (κ2) is 4.18. The smallest absolute Gasteiger partial charge is 0.311 e. The van der Waals surface area contributed by atoms with E-state index in [1.54, 1.807) is 12.4 Å². The van der Waals surface area contributed by atoms with E-state index in [0.717, 1.165) is 11.1 Å². The molecule has 16 heavy (non-hydrogen) atoms. The van der Waals surface area contributed by atoms with Crippen molar-refractivity contribution in [1.29, 1.82) is 0 Å². The zero-order valence-corrected chi connectivity index (χ0v) is 8.80. The molecule has 0 aromatic carbocycles. The number of nitrogens with zero attached hydrogens (tertiary/aromatic N) is 1. The molecule has 0 bridgehead atoms. The molecule has 0 radical (unpaired) electrons. The lowest BCUT2D eigenvalue weighted by Gasteiger charge is -1.95. The van der Waals surface area contributed by atoms with E-state index in [1.165, 1.54) is 0 Å². The van der Waals surface area contributed by atoms with Crippen molar-refractivity contribution < 1.29 is 14.3 Å². The Morgan fingerprint density at radius 2 is 2.12 bits per heavy atom. The van der Waals surface area contributed by atoms with Gasteiger partial charge in [-0.25, -0.2) is 0 Å². The van der Waals surface area contributed by atoms with E-state index in [-0.39, 0.29) is 6.42 Å². The molecule has 0 amide bonds. The van der Waals surface area contributed by atoms with Gasteiger partial charge in [0.15, 0.2) is 0 Å². The summed E-state index contributed by atoms with van der Waals surface area (Å²) >= 11 is 0. The van der Waals surface area contributed by atoms with Crippen LogP contribution in [0.3, 0.4) is 0 Å². The fraction of sp³-hybridized carbons (Fsp3) is 0.167. The molecule has 4 heteroatoms. The first-order valence-electron chi connectivity index (χ1n) is 4.88. The maximum Gasteiger partial charge on any atom is 0.311 e. The zero-order valence-electron chi connectivity index (χ0n) is 8.80. The Labute approximate surface area is 92.6 Å². The summed E-state index contributed by atoms with van der Waals surface area (Å²) in [5.74, 6) is 0.286. The van der Waals surface area contributed by atoms with Gasteiger partial charge in [-0.05, 0) is 30.7 Å². The van der Waals surface area contributed by atoms with Crippen molar-refractivity contribution in [2.24, 2.45) is 0 Å². The Morgan fingerprint density at radius 3 is 2.75 bits per heavy atom. The molecule has 4 nitrogen and oxygen atoms in total. The molecule has 0 aliphatic rings. The molecule has 0 aliphatic carbocycles. The number of aromatic nitrogens is 1. The lowest BCUT2D eigenvalue weighted by atomic mass is 10.2. The van der Waals surface area contributed by atoms with Crippen LogP contribution in [0.2, 0.25) is 0 Å². The number of hydrogen-bond acceptors (Lipinski definition) is 3. The van der Waals surface area contributed by atoms with Gasteiger partial charge in [-0.15, -0.1) is 0 Å². The minimum Gasteiger partial charge on any atom is -0.481 e. The van der Waals surface area contributed by atoms with Gasteiger partial charge in [0, 0.05) is 18.0 Å². The molecule has 0 saturated carbocycles. The Hall–Kier alpha value is -2.10. The average Bonchev–Trinajstić information content (AvgIpc) is 2.61. The summed E-state index contributed by atoms with van der Waals surface area (Å²) in [7, 11) is 0. The first kappa shape index (κ1) is 10.4. The largest absolute Gasteiger partial charge is 0.481 e. The second-order valence-electron chi connectivity index (χ2n) is 3.52. The molecule has 0 unspecified atom stereocenters. The lowest BCUT2D eigenvalue weighted by Crippen LogP contribution is -1.99. The van der Waals surface area contributed by atoms with Crippen molar-refractivity contribution in [3.63, 3.8) is 0 Å². The minimum absolute atomic E-state index is 0.0864. The van der Waals surface area contributed by atoms with E-state index in [2.05, 4.69) is 4.98 Å². The van der Waals surface area contributed by atoms with Crippen LogP contribution in [-0.2, 0) is 11.2 Å². The normalized spacial score (nSPS) is 10.3. The number of aliphatic carboxylic acids is 1. The van der Waals surface area contributed by atoms with Crippen LogP contribution in [-0.4, -0.2) is 16.1 Å². The van der Waals surface area contributed by atoms with E-state index in [9.17, 15) is 4.79 Å². The molecule has 0 saturated heterocycles. The van der Waals surface area contributed by atoms with Crippen LogP contribution < -0.4 is 0 Å². The maximum atomic E-state index is 10.6. The predicted molar refractivity (Wildman–Crippen MR) is 58.0 cm³/mol. The van der Waals surface area contributed by atoms with Crippen molar-refractivity contribution in [1.82, 2.24) is 4.98 Å². The molecule has 2 aromatic rings. The highest BCUT2D eigenvalue weighted by Crippen LogP contribution is 2.24. The quantitative estimate of drug-likeness (QED) is 0.856. The first-order chi connectivity index (χ1) is 7.66. The summed E-state index contributed by atoms with van der Waals surface area (Å²) in [6.07, 6.45) is 3.25. The van der Waals surface area contributed by atoms with Crippen LogP contribution in [0.25, 0.3) is 11.3 Å². The summed E-state index contributed by atoms with van der Waals surface area (Å²) in [5.41, 5.74) is 1.75. The molecule has 0 spiro atoms. The molecule has 2 rings (SSSR count). The highest BCUT2D eigenvalue weighted by Gasteiger charge is 2.11. The van der Waals surface area contributed by atoms with E-state index < -0.39 is 5.97 Å². The fourth-order valence-corrected chi connectivity index (χ4v) is 1.49. The van der Waals surface area contributed by atoms with E-state index >= 15 is 0 Å². The van der Waals surface area contributed by atoms with Gasteiger partial charge in [0.1, 0.15) is 17.9 Å². The van der Waals surface area contributed by atoms with Crippen LogP contribution in [0.5, 0.6) is 0 Å². The number of pyridine rings is 1. The average molecular weight is 217 g/mol. The molecule has 2 heterocycles. The Kier molecular flexibility index (Phi) is 2.72. The number of hydrogen-bond donors (Lipinski definition) is 1. The van der Waals surface area contributed by atoms with E-state index in [4.69, 9.17) is 9.52 Å². The van der Waals surface area contributed by atoms with Gasteiger partial charge >= 0.3 is 5.97 Å². The van der Waals surface area contributed by atoms with Crippen LogP contribution in [0.15, 0.2) is 35.0 Å². The number of carbonyl (C=O) groups is 1. The van der Waals surface area contributed by atoms with Gasteiger partial charge in [0.05, 0.1) is 0 Å². The van der Waals surface area contributed by atoms with Gasteiger partial charge in [-0.1, -0.05) is 0 Å². The standard InChI is InChI=1S/C12H11NO3/c1-8-6-11(9-2-4-13-5-3-9)16-10(8)7-12(14)15/h2-6H,7H2,1H3,(H,14,15). The van der Waals surface area contributed by atoms with Crippen molar-refractivity contribution in [3.8, 4) is 11.3 Å². The second-order valence-corrected chi connectivity index (χ2v) is 3.52. The van der Waals surface area contributed by atoms with Crippen molar-refractivity contribution >= 4 is 5.97 Å². The molecule has 0 atom stereocenters. The number of carboxylic acids is 1. The van der Waals surface area contributed by atoms with Gasteiger partial charge < -0.3 is 9.52 Å². The van der Waals surface area contributed by atoms with E-state index in [0.29, 0.717) is 11.5 Å². The van der Waals surface area contributed by atoms with E-state index in [1.807, 2.05) is 25.1 Å². The van der Waals surface area contributed by atoms with Crippen LogP contribution in [0, 0.1) is 6.92 Å². The molecule has 0 aliphatic heterocycles. The summed E-state index contributed by atoms with van der Waals surface area (Å²) < 4.78 is 5.50. The molecule has 82 valence electrons. The third kappa shape index (κ3) is 2.11. The number of rotatable bonds is 3. The monoisotopic (exact) mass is 217 g/mol. The van der Waals surface area contributed by atoms with Gasteiger partial charge in [-0.3, -0.25) is 9.78 Å². The van der Waals surface area contributed by atoms with Crippen molar-refractivity contribution in [2.45, 2.75) is 13.3 Å². The van der Waals surface area contributed by atoms with Crippen LogP contribution in [0.1, 0.15) is 11.3 Å². The number of aryl methyl sites for hydroxylation is 1. The summed E-state index contributed by atoms with van der Waals surface area (Å²) in [5, 5.41) is 8.70. The molecule has 1 N–H and O–H groups in total. The first-order valence-corrected chi connectivity index (χ1v) is 4.88. The molecular weight excluding hydrogens is 206 g/mol. The summed E-state index contributed by atoms with van der Waals surface area (Å²) in [6, 6.07) is 5.49. The van der Waals surface area contributed by atoms with Gasteiger partial charge in [0.2, 0.25) is 0 Å². The van der Waals surface area contributed by atoms with Crippen molar-refractivity contribution in [2.75, 3.05) is 0 Å². The number of furan rings is 1. The Bertz CT molecular complexity index is 502. The SMILES string of the molecule is Cc1cc(-c2ccncc2)oc1CC(=O)O. The molecule has 0 fully saturated rings. The minimum atomic E-state index is -0.890. The maximum absolute atomic E-state index is 10.6. The predicted octanol–water partition coefficient (Wildman–Crippen LogP) is 2.28. The molecular formula is C12H11NO3. The Balaban J connectivity index is 2.34. The van der Waals surface area contributed by atoms with Crippen molar-refractivity contribution in [3.05, 3.63) is 41.9 Å². The van der Waals surface area contributed by atoms with Gasteiger partial charge in [0.25, 0.3) is 0 Å². The summed E-state index contributed by atoms with van der Waals surface area (Å²) in [4.78, 5) is 14.5.